The van der Waals surface area contributed by atoms with Crippen molar-refractivity contribution >= 4 is 17.8 Å². The molecule has 0 bridgehead atoms. The first-order chi connectivity index (χ1) is 16.1. The summed E-state index contributed by atoms with van der Waals surface area (Å²) >= 11 is 0. The molecule has 0 spiro atoms. The van der Waals surface area contributed by atoms with Crippen molar-refractivity contribution in [3.63, 3.8) is 0 Å². The fraction of sp³-hybridized carbons (Fsp3) is 0.250. The predicted molar refractivity (Wildman–Crippen MR) is 122 cm³/mol. The summed E-state index contributed by atoms with van der Waals surface area (Å²) in [6.07, 6.45) is 3.24. The molecule has 33 heavy (non-hydrogen) atoms. The van der Waals surface area contributed by atoms with Gasteiger partial charge in [-0.3, -0.25) is 9.59 Å². The monoisotopic (exact) mass is 450 g/mol. The van der Waals surface area contributed by atoms with Crippen LogP contribution in [-0.2, 0) is 9.53 Å². The topological polar surface area (TPSA) is 123 Å². The molecule has 0 fully saturated rings. The zero-order chi connectivity index (χ0) is 23.5. The van der Waals surface area contributed by atoms with E-state index in [-0.39, 0.29) is 24.3 Å². The SMILES string of the molecule is CCOC(=O)CC(NC(=O)c1ccc(OCCNc2ncccn2)cc1O)c1ccccc1. The Hall–Kier alpha value is -4.14. The number of hydrogen-bond acceptors (Lipinski definition) is 8. The van der Waals surface area contributed by atoms with Crippen LogP contribution in [0.3, 0.4) is 0 Å². The number of aromatic nitrogens is 2. The quantitative estimate of drug-likeness (QED) is 0.301. The lowest BCUT2D eigenvalue weighted by atomic mass is 10.0. The first-order valence-electron chi connectivity index (χ1n) is 10.5. The van der Waals surface area contributed by atoms with Gasteiger partial charge in [0, 0.05) is 18.5 Å². The summed E-state index contributed by atoms with van der Waals surface area (Å²) < 4.78 is 10.6. The van der Waals surface area contributed by atoms with Crippen molar-refractivity contribution < 1.29 is 24.2 Å². The molecule has 2 aromatic carbocycles. The smallest absolute Gasteiger partial charge is 0.308 e. The lowest BCUT2D eigenvalue weighted by molar-refractivity contribution is -0.143. The molecule has 0 saturated carbocycles. The van der Waals surface area contributed by atoms with Crippen molar-refractivity contribution in [2.45, 2.75) is 19.4 Å². The summed E-state index contributed by atoms with van der Waals surface area (Å²) in [5, 5.41) is 16.2. The number of phenols is 1. The molecule has 172 valence electrons. The molecule has 3 N–H and O–H groups in total. The van der Waals surface area contributed by atoms with E-state index in [0.717, 1.165) is 5.56 Å². The normalized spacial score (nSPS) is 11.3. The summed E-state index contributed by atoms with van der Waals surface area (Å²) in [5.41, 5.74) is 0.830. The van der Waals surface area contributed by atoms with E-state index in [2.05, 4.69) is 20.6 Å². The second kappa shape index (κ2) is 12.0. The van der Waals surface area contributed by atoms with Gasteiger partial charge >= 0.3 is 5.97 Å². The molecule has 0 saturated heterocycles. The van der Waals surface area contributed by atoms with Gasteiger partial charge in [-0.15, -0.1) is 0 Å². The number of carbonyl (C=O) groups is 2. The van der Waals surface area contributed by atoms with Crippen LogP contribution in [0.25, 0.3) is 0 Å². The Labute approximate surface area is 191 Å². The van der Waals surface area contributed by atoms with E-state index >= 15 is 0 Å². The Bertz CT molecular complexity index is 1050. The van der Waals surface area contributed by atoms with E-state index < -0.39 is 17.9 Å². The van der Waals surface area contributed by atoms with Gasteiger partial charge in [-0.2, -0.15) is 0 Å². The minimum Gasteiger partial charge on any atom is -0.507 e. The third-order valence-corrected chi connectivity index (χ3v) is 4.62. The lowest BCUT2D eigenvalue weighted by Gasteiger charge is -2.19. The second-order valence-corrected chi connectivity index (χ2v) is 6.97. The molecule has 1 heterocycles. The summed E-state index contributed by atoms with van der Waals surface area (Å²) in [7, 11) is 0. The number of phenolic OH excluding ortho intramolecular Hbond substituents is 1. The third kappa shape index (κ3) is 7.20. The van der Waals surface area contributed by atoms with Gasteiger partial charge in [0.25, 0.3) is 5.91 Å². The molecule has 1 amide bonds. The highest BCUT2D eigenvalue weighted by Gasteiger charge is 2.21. The number of ether oxygens (including phenoxy) is 2. The van der Waals surface area contributed by atoms with Crippen molar-refractivity contribution in [1.82, 2.24) is 15.3 Å². The lowest BCUT2D eigenvalue weighted by Crippen LogP contribution is -2.30. The standard InChI is InChI=1S/C24H26N4O5/c1-2-32-22(30)16-20(17-7-4-3-5-8-17)28-23(31)19-10-9-18(15-21(19)29)33-14-13-27-24-25-11-6-12-26-24/h3-12,15,20,29H,2,13-14,16H2,1H3,(H,28,31)(H,25,26,27). The summed E-state index contributed by atoms with van der Waals surface area (Å²) in [6.45, 7) is 2.74. The molecule has 9 heteroatoms. The number of hydrogen-bond donors (Lipinski definition) is 3. The maximum Gasteiger partial charge on any atom is 0.308 e. The summed E-state index contributed by atoms with van der Waals surface area (Å²) in [4.78, 5) is 33.0. The molecule has 0 aliphatic heterocycles. The average molecular weight is 450 g/mol. The van der Waals surface area contributed by atoms with Crippen LogP contribution in [0.15, 0.2) is 67.0 Å². The van der Waals surface area contributed by atoms with Gasteiger partial charge in [0.1, 0.15) is 18.1 Å². The van der Waals surface area contributed by atoms with E-state index in [1.54, 1.807) is 31.5 Å². The molecule has 0 aliphatic rings. The van der Waals surface area contributed by atoms with Gasteiger partial charge in [0.2, 0.25) is 5.95 Å². The van der Waals surface area contributed by atoms with Crippen LogP contribution in [0.4, 0.5) is 5.95 Å². The maximum absolute atomic E-state index is 12.8. The molecular weight excluding hydrogens is 424 g/mol. The van der Waals surface area contributed by atoms with Crippen molar-refractivity contribution in [2.75, 3.05) is 25.1 Å². The molecule has 3 aromatic rings. The number of amides is 1. The first kappa shape index (κ1) is 23.5. The van der Waals surface area contributed by atoms with Crippen LogP contribution >= 0.6 is 0 Å². The Kier molecular flexibility index (Phi) is 8.58. The number of carbonyl (C=O) groups excluding carboxylic acids is 2. The number of esters is 1. The minimum atomic E-state index is -0.598. The second-order valence-electron chi connectivity index (χ2n) is 6.97. The zero-order valence-corrected chi connectivity index (χ0v) is 18.2. The van der Waals surface area contributed by atoms with Gasteiger partial charge in [-0.1, -0.05) is 30.3 Å². The Morgan fingerprint density at radius 2 is 1.82 bits per heavy atom. The average Bonchev–Trinajstić information content (AvgIpc) is 2.83. The van der Waals surface area contributed by atoms with Crippen molar-refractivity contribution in [3.05, 3.63) is 78.1 Å². The maximum atomic E-state index is 12.8. The van der Waals surface area contributed by atoms with Gasteiger partial charge in [-0.25, -0.2) is 9.97 Å². The zero-order valence-electron chi connectivity index (χ0n) is 18.2. The largest absolute Gasteiger partial charge is 0.507 e. The number of nitrogens with zero attached hydrogens (tertiary/aromatic N) is 2. The van der Waals surface area contributed by atoms with E-state index in [4.69, 9.17) is 9.47 Å². The van der Waals surface area contributed by atoms with E-state index in [0.29, 0.717) is 24.8 Å². The van der Waals surface area contributed by atoms with E-state index in [1.165, 1.54) is 12.1 Å². The minimum absolute atomic E-state index is 0.0241. The van der Waals surface area contributed by atoms with Crippen molar-refractivity contribution in [1.29, 1.82) is 0 Å². The fourth-order valence-corrected chi connectivity index (χ4v) is 3.08. The fourth-order valence-electron chi connectivity index (χ4n) is 3.08. The van der Waals surface area contributed by atoms with Gasteiger partial charge < -0.3 is 25.2 Å². The van der Waals surface area contributed by atoms with Gasteiger partial charge in [0.15, 0.2) is 0 Å². The van der Waals surface area contributed by atoms with Crippen LogP contribution < -0.4 is 15.4 Å². The predicted octanol–water partition coefficient (Wildman–Crippen LogP) is 3.10. The highest BCUT2D eigenvalue weighted by molar-refractivity contribution is 5.97. The third-order valence-electron chi connectivity index (χ3n) is 4.62. The molecule has 1 aromatic heterocycles. The molecular formula is C24H26N4O5. The van der Waals surface area contributed by atoms with Crippen LogP contribution in [-0.4, -0.2) is 46.7 Å². The molecule has 0 radical (unpaired) electrons. The van der Waals surface area contributed by atoms with Crippen LogP contribution in [0.2, 0.25) is 0 Å². The summed E-state index contributed by atoms with van der Waals surface area (Å²) in [5.74, 6) is -0.265. The van der Waals surface area contributed by atoms with Crippen LogP contribution in [0, 0.1) is 0 Å². The number of anilines is 1. The van der Waals surface area contributed by atoms with E-state index in [9.17, 15) is 14.7 Å². The number of aromatic hydroxyl groups is 1. The van der Waals surface area contributed by atoms with E-state index in [1.807, 2.05) is 30.3 Å². The highest BCUT2D eigenvalue weighted by Crippen LogP contribution is 2.25. The molecule has 3 rings (SSSR count). The number of rotatable bonds is 11. The summed E-state index contributed by atoms with van der Waals surface area (Å²) in [6, 6.07) is 14.7. The van der Waals surface area contributed by atoms with Crippen LogP contribution in [0.1, 0.15) is 35.3 Å². The van der Waals surface area contributed by atoms with Crippen molar-refractivity contribution in [3.8, 4) is 11.5 Å². The number of benzene rings is 2. The first-order valence-corrected chi connectivity index (χ1v) is 10.5. The van der Waals surface area contributed by atoms with Gasteiger partial charge in [-0.05, 0) is 30.7 Å². The molecule has 9 nitrogen and oxygen atoms in total. The Morgan fingerprint density at radius 3 is 2.52 bits per heavy atom. The Balaban J connectivity index is 1.60. The van der Waals surface area contributed by atoms with Crippen molar-refractivity contribution in [2.24, 2.45) is 0 Å². The molecule has 1 atom stereocenters. The Morgan fingerprint density at radius 1 is 1.06 bits per heavy atom. The molecule has 1 unspecified atom stereocenters. The van der Waals surface area contributed by atoms with Gasteiger partial charge in [0.05, 0.1) is 31.2 Å². The number of nitrogens with one attached hydrogen (secondary N) is 2. The highest BCUT2D eigenvalue weighted by atomic mass is 16.5. The van der Waals surface area contributed by atoms with Crippen LogP contribution in [0.5, 0.6) is 11.5 Å². The molecule has 0 aliphatic carbocycles.